The fourth-order valence-corrected chi connectivity index (χ4v) is 1.69. The van der Waals surface area contributed by atoms with Gasteiger partial charge in [0, 0.05) is 18.6 Å². The number of halogens is 4. The molecular weight excluding hydrogens is 301 g/mol. The second kappa shape index (κ2) is 8.16. The fourth-order valence-electron chi connectivity index (χ4n) is 1.69. The molecule has 1 heterocycles. The first kappa shape index (κ1) is 17.7. The quantitative estimate of drug-likeness (QED) is 0.494. The van der Waals surface area contributed by atoms with Gasteiger partial charge in [-0.1, -0.05) is 12.1 Å². The predicted octanol–water partition coefficient (Wildman–Crippen LogP) is 3.23. The lowest BCUT2D eigenvalue weighted by molar-refractivity contribution is -0.378. The maximum Gasteiger partial charge on any atom is 0.673 e. The normalized spacial score (nSPS) is 10.4. The SMILES string of the molecule is COc1ccccc1C(=O)Cc1cc[nH+]cc1.F[B-](F)(F)F. The number of benzene rings is 1. The molecule has 1 N–H and O–H groups in total. The molecule has 0 aliphatic rings. The molecule has 0 atom stereocenters. The Morgan fingerprint density at radius 3 is 2.18 bits per heavy atom. The topological polar surface area (TPSA) is 40.4 Å². The zero-order valence-electron chi connectivity index (χ0n) is 11.7. The second-order valence-electron chi connectivity index (χ2n) is 4.20. The second-order valence-corrected chi connectivity index (χ2v) is 4.20. The van der Waals surface area contributed by atoms with E-state index in [1.165, 1.54) is 0 Å². The van der Waals surface area contributed by atoms with Crippen LogP contribution in [0, 0.1) is 0 Å². The number of para-hydroxylation sites is 1. The van der Waals surface area contributed by atoms with Crippen molar-refractivity contribution in [1.29, 1.82) is 0 Å². The molecular formula is C14H14BF4NO2. The zero-order chi connectivity index (χ0) is 16.6. The highest BCUT2D eigenvalue weighted by molar-refractivity contribution is 6.50. The first-order chi connectivity index (χ1) is 10.3. The largest absolute Gasteiger partial charge is 0.673 e. The number of pyridine rings is 1. The van der Waals surface area contributed by atoms with E-state index >= 15 is 0 Å². The van der Waals surface area contributed by atoms with Crippen LogP contribution in [-0.2, 0) is 6.42 Å². The van der Waals surface area contributed by atoms with Crippen molar-refractivity contribution in [3.63, 3.8) is 0 Å². The first-order valence-corrected chi connectivity index (χ1v) is 6.30. The average Bonchev–Trinajstić information content (AvgIpc) is 2.46. The lowest BCUT2D eigenvalue weighted by Crippen LogP contribution is -2.07. The predicted molar refractivity (Wildman–Crippen MR) is 74.2 cm³/mol. The molecule has 0 saturated carbocycles. The summed E-state index contributed by atoms with van der Waals surface area (Å²) in [5.74, 6) is 0.689. The van der Waals surface area contributed by atoms with Gasteiger partial charge in [0.25, 0.3) is 0 Å². The van der Waals surface area contributed by atoms with E-state index in [0.717, 1.165) is 5.56 Å². The van der Waals surface area contributed by atoms with Crippen molar-refractivity contribution in [2.75, 3.05) is 7.11 Å². The van der Waals surface area contributed by atoms with Gasteiger partial charge >= 0.3 is 7.25 Å². The molecule has 0 radical (unpaired) electrons. The van der Waals surface area contributed by atoms with Gasteiger partial charge in [-0.2, -0.15) is 0 Å². The number of Topliss-reactive ketones (excluding diaryl/α,β-unsaturated/α-hetero) is 1. The Kier molecular flexibility index (Phi) is 6.56. The van der Waals surface area contributed by atoms with E-state index < -0.39 is 7.25 Å². The fraction of sp³-hybridized carbons (Fsp3) is 0.143. The summed E-state index contributed by atoms with van der Waals surface area (Å²) in [6, 6.07) is 11.1. The van der Waals surface area contributed by atoms with Crippen molar-refractivity contribution in [3.8, 4) is 5.75 Å². The molecule has 0 fully saturated rings. The molecule has 8 heteroatoms. The van der Waals surface area contributed by atoms with Gasteiger partial charge in [0.2, 0.25) is 0 Å². The third-order valence-corrected chi connectivity index (χ3v) is 2.56. The van der Waals surface area contributed by atoms with Crippen molar-refractivity contribution in [3.05, 3.63) is 59.9 Å². The van der Waals surface area contributed by atoms with Crippen LogP contribution in [0.25, 0.3) is 0 Å². The summed E-state index contributed by atoms with van der Waals surface area (Å²) in [5, 5.41) is 0. The summed E-state index contributed by atoms with van der Waals surface area (Å²) in [4.78, 5) is 15.0. The molecule has 0 amide bonds. The lowest BCUT2D eigenvalue weighted by atomic mass is 10.0. The van der Waals surface area contributed by atoms with Gasteiger partial charge in [-0.25, -0.2) is 4.98 Å². The zero-order valence-corrected chi connectivity index (χ0v) is 11.7. The maximum absolute atomic E-state index is 12.1. The number of carbonyl (C=O) groups is 1. The van der Waals surface area contributed by atoms with Crippen LogP contribution in [0.5, 0.6) is 5.75 Å². The molecule has 0 spiro atoms. The Bertz CT molecular complexity index is 599. The highest BCUT2D eigenvalue weighted by Gasteiger charge is 2.20. The standard InChI is InChI=1S/C14H13NO2.BF4/c1-17-14-5-3-2-4-12(14)13(16)10-11-6-8-15-9-7-11;2-1(3,4)5/h2-9H,10H2,1H3;/q;-1/p+1. The molecule has 1 aromatic carbocycles. The van der Waals surface area contributed by atoms with E-state index in [9.17, 15) is 22.1 Å². The van der Waals surface area contributed by atoms with Gasteiger partial charge in [0.05, 0.1) is 12.7 Å². The molecule has 0 bridgehead atoms. The van der Waals surface area contributed by atoms with Crippen LogP contribution in [0.2, 0.25) is 0 Å². The van der Waals surface area contributed by atoms with E-state index in [4.69, 9.17) is 4.74 Å². The van der Waals surface area contributed by atoms with Gasteiger partial charge in [-0.15, -0.1) is 0 Å². The Morgan fingerprint density at radius 1 is 1.09 bits per heavy atom. The number of hydrogen-bond donors (Lipinski definition) is 0. The third-order valence-electron chi connectivity index (χ3n) is 2.56. The van der Waals surface area contributed by atoms with Crippen molar-refractivity contribution < 1.29 is 31.8 Å². The minimum absolute atomic E-state index is 0.0636. The van der Waals surface area contributed by atoms with Crippen molar-refractivity contribution >= 4 is 13.0 Å². The summed E-state index contributed by atoms with van der Waals surface area (Å²) >= 11 is 0. The number of ether oxygens (including phenoxy) is 1. The number of nitrogens with one attached hydrogen (secondary N) is 1. The van der Waals surface area contributed by atoms with Gasteiger partial charge in [-0.05, 0) is 17.7 Å². The Labute approximate surface area is 125 Å². The molecule has 0 aliphatic heterocycles. The third kappa shape index (κ3) is 6.87. The Morgan fingerprint density at radius 2 is 1.64 bits per heavy atom. The number of hydrogen-bond acceptors (Lipinski definition) is 2. The minimum Gasteiger partial charge on any atom is -0.496 e. The number of aromatic nitrogens is 1. The number of methoxy groups -OCH3 is 1. The monoisotopic (exact) mass is 315 g/mol. The molecule has 0 aliphatic carbocycles. The molecule has 22 heavy (non-hydrogen) atoms. The van der Waals surface area contributed by atoms with E-state index in [-0.39, 0.29) is 5.78 Å². The van der Waals surface area contributed by atoms with Crippen molar-refractivity contribution in [2.24, 2.45) is 0 Å². The van der Waals surface area contributed by atoms with Gasteiger partial charge in [0.15, 0.2) is 18.2 Å². The van der Waals surface area contributed by atoms with E-state index in [1.54, 1.807) is 19.2 Å². The number of ketones is 1. The van der Waals surface area contributed by atoms with Crippen LogP contribution in [0.3, 0.4) is 0 Å². The summed E-state index contributed by atoms with van der Waals surface area (Å²) in [7, 11) is -4.43. The smallest absolute Gasteiger partial charge is 0.496 e. The van der Waals surface area contributed by atoms with E-state index in [0.29, 0.717) is 17.7 Å². The molecule has 3 nitrogen and oxygen atoms in total. The summed E-state index contributed by atoms with van der Waals surface area (Å²) in [5.41, 5.74) is 1.61. The summed E-state index contributed by atoms with van der Waals surface area (Å²) in [6.45, 7) is 0. The lowest BCUT2D eigenvalue weighted by Gasteiger charge is -2.06. The minimum atomic E-state index is -6.00. The number of H-pyrrole nitrogens is 1. The van der Waals surface area contributed by atoms with E-state index in [1.807, 2.05) is 36.7 Å². The molecule has 0 unspecified atom stereocenters. The summed E-state index contributed by atoms with van der Waals surface area (Å²) in [6.07, 6.45) is 4.00. The Hall–Kier alpha value is -2.38. The molecule has 2 aromatic rings. The van der Waals surface area contributed by atoms with Gasteiger partial charge < -0.3 is 22.0 Å². The molecule has 2 rings (SSSR count). The van der Waals surface area contributed by atoms with Crippen molar-refractivity contribution in [2.45, 2.75) is 6.42 Å². The molecule has 118 valence electrons. The van der Waals surface area contributed by atoms with Crippen LogP contribution >= 0.6 is 0 Å². The van der Waals surface area contributed by atoms with Gasteiger partial charge in [-0.3, -0.25) is 4.79 Å². The van der Waals surface area contributed by atoms with E-state index in [2.05, 4.69) is 4.98 Å². The number of carbonyl (C=O) groups excluding carboxylic acids is 1. The maximum atomic E-state index is 12.1. The van der Waals surface area contributed by atoms with Crippen LogP contribution < -0.4 is 9.72 Å². The molecule has 0 saturated heterocycles. The van der Waals surface area contributed by atoms with Crippen molar-refractivity contribution in [1.82, 2.24) is 0 Å². The summed E-state index contributed by atoms with van der Waals surface area (Å²) < 4.78 is 44.2. The van der Waals surface area contributed by atoms with Crippen LogP contribution in [-0.4, -0.2) is 20.1 Å². The van der Waals surface area contributed by atoms with Crippen LogP contribution in [0.1, 0.15) is 15.9 Å². The number of aromatic amines is 1. The number of rotatable bonds is 4. The highest BCUT2D eigenvalue weighted by Crippen LogP contribution is 2.19. The Balaban J connectivity index is 0.000000422. The van der Waals surface area contributed by atoms with Gasteiger partial charge in [0.1, 0.15) is 5.75 Å². The average molecular weight is 315 g/mol. The first-order valence-electron chi connectivity index (χ1n) is 6.30. The highest BCUT2D eigenvalue weighted by atomic mass is 19.5. The van der Waals surface area contributed by atoms with Crippen LogP contribution in [0.15, 0.2) is 48.8 Å². The molecule has 1 aromatic heterocycles. The van der Waals surface area contributed by atoms with Crippen LogP contribution in [0.4, 0.5) is 17.3 Å².